The molecule has 0 aromatic heterocycles. The first-order valence-corrected chi connectivity index (χ1v) is 12.2. The molecule has 2 saturated carbocycles. The first-order valence-electron chi connectivity index (χ1n) is 11.4. The molecule has 2 aliphatic carbocycles. The molecule has 29 heavy (non-hydrogen) atoms. The fourth-order valence-electron chi connectivity index (χ4n) is 5.13. The van der Waals surface area contributed by atoms with E-state index in [-0.39, 0.29) is 0 Å². The van der Waals surface area contributed by atoms with Gasteiger partial charge in [0.25, 0.3) is 0 Å². The van der Waals surface area contributed by atoms with Crippen molar-refractivity contribution in [1.29, 1.82) is 0 Å². The Morgan fingerprint density at radius 2 is 1.00 bits per heavy atom. The molecule has 0 heterocycles. The van der Waals surface area contributed by atoms with Gasteiger partial charge in [-0.15, -0.1) is 0 Å². The topological polar surface area (TPSA) is 40.5 Å². The van der Waals surface area contributed by atoms with Gasteiger partial charge in [-0.3, -0.25) is 0 Å². The van der Waals surface area contributed by atoms with Gasteiger partial charge in [0.05, 0.1) is 0 Å². The lowest BCUT2D eigenvalue weighted by atomic mass is 9.83. The molecule has 0 atom stereocenters. The summed E-state index contributed by atoms with van der Waals surface area (Å²) < 4.78 is 0. The lowest BCUT2D eigenvalue weighted by Gasteiger charge is -2.27. The summed E-state index contributed by atoms with van der Waals surface area (Å²) in [4.78, 5) is 2.57. The van der Waals surface area contributed by atoms with Crippen LogP contribution >= 0.6 is 11.8 Å². The predicted molar refractivity (Wildman–Crippen MR) is 121 cm³/mol. The molecule has 2 fully saturated rings. The van der Waals surface area contributed by atoms with Crippen LogP contribution in [0.1, 0.15) is 98.3 Å². The molecule has 2 N–H and O–H groups in total. The monoisotopic (exact) mass is 410 g/mol. The zero-order chi connectivity index (χ0) is 20.4. The lowest BCUT2D eigenvalue weighted by Crippen LogP contribution is -2.07. The molecule has 0 radical (unpaired) electrons. The number of aryl methyl sites for hydroxylation is 2. The van der Waals surface area contributed by atoms with Crippen molar-refractivity contribution in [2.45, 2.75) is 99.7 Å². The smallest absolute Gasteiger partial charge is 0.118 e. The number of aromatic hydroxyl groups is 2. The molecular formula is C26H34O2S. The minimum absolute atomic E-state index is 0.421. The van der Waals surface area contributed by atoms with E-state index in [0.717, 1.165) is 11.1 Å². The van der Waals surface area contributed by atoms with E-state index in [1.165, 1.54) is 85.1 Å². The van der Waals surface area contributed by atoms with E-state index in [9.17, 15) is 10.2 Å². The number of phenolic OH excluding ortho intramolecular Hbond substituents is 2. The maximum atomic E-state index is 10.4. The fourth-order valence-corrected chi connectivity index (χ4v) is 6.53. The molecule has 0 unspecified atom stereocenters. The van der Waals surface area contributed by atoms with Crippen molar-refractivity contribution in [2.75, 3.05) is 0 Å². The minimum atomic E-state index is 0.421. The summed E-state index contributed by atoms with van der Waals surface area (Å²) >= 11 is 1.85. The Morgan fingerprint density at radius 1 is 0.621 bits per heavy atom. The molecule has 0 amide bonds. The van der Waals surface area contributed by atoms with Gasteiger partial charge in [0.1, 0.15) is 11.5 Å². The molecule has 2 aliphatic rings. The summed E-state index contributed by atoms with van der Waals surface area (Å²) in [7, 11) is 0. The van der Waals surface area contributed by atoms with Crippen molar-refractivity contribution < 1.29 is 10.2 Å². The van der Waals surface area contributed by atoms with Gasteiger partial charge in [0, 0.05) is 9.79 Å². The van der Waals surface area contributed by atoms with Gasteiger partial charge in [-0.25, -0.2) is 0 Å². The van der Waals surface area contributed by atoms with Gasteiger partial charge in [-0.2, -0.15) is 0 Å². The Hall–Kier alpha value is -1.61. The quantitative estimate of drug-likeness (QED) is 0.537. The Morgan fingerprint density at radius 3 is 1.38 bits per heavy atom. The highest BCUT2D eigenvalue weighted by atomic mass is 32.2. The van der Waals surface area contributed by atoms with E-state index in [2.05, 4.69) is 12.1 Å². The molecule has 3 heteroatoms. The van der Waals surface area contributed by atoms with Gasteiger partial charge in [-0.1, -0.05) is 50.3 Å². The number of phenols is 2. The van der Waals surface area contributed by atoms with Gasteiger partial charge in [0.2, 0.25) is 0 Å². The summed E-state index contributed by atoms with van der Waals surface area (Å²) in [6.07, 6.45) is 12.7. The van der Waals surface area contributed by atoms with Crippen LogP contribution in [0, 0.1) is 13.8 Å². The Bertz CT molecular complexity index is 790. The van der Waals surface area contributed by atoms with Crippen LogP contribution in [-0.4, -0.2) is 10.2 Å². The molecule has 4 rings (SSSR count). The van der Waals surface area contributed by atoms with Crippen molar-refractivity contribution in [1.82, 2.24) is 0 Å². The van der Waals surface area contributed by atoms with Crippen molar-refractivity contribution >= 4 is 11.8 Å². The van der Waals surface area contributed by atoms with Crippen molar-refractivity contribution in [3.63, 3.8) is 0 Å². The van der Waals surface area contributed by atoms with Gasteiger partial charge >= 0.3 is 0 Å². The molecule has 156 valence electrons. The second-order valence-electron chi connectivity index (χ2n) is 9.12. The highest BCUT2D eigenvalue weighted by molar-refractivity contribution is 7.99. The third-order valence-electron chi connectivity index (χ3n) is 6.97. The van der Waals surface area contributed by atoms with E-state index in [1.54, 1.807) is 0 Å². The van der Waals surface area contributed by atoms with Crippen LogP contribution in [0.2, 0.25) is 0 Å². The van der Waals surface area contributed by atoms with Crippen LogP contribution in [0.15, 0.2) is 34.1 Å². The van der Waals surface area contributed by atoms with Crippen LogP contribution in [0.25, 0.3) is 0 Å². The highest BCUT2D eigenvalue weighted by Gasteiger charge is 2.24. The molecule has 2 nitrogen and oxygen atoms in total. The summed E-state index contributed by atoms with van der Waals surface area (Å²) in [6.45, 7) is 3.99. The SMILES string of the molecule is Cc1cc(Sc2cc(C)c(O)cc2C2CCCCC2)c(C2CCCCC2)cc1O. The van der Waals surface area contributed by atoms with Crippen molar-refractivity contribution in [2.24, 2.45) is 0 Å². The normalized spacial score (nSPS) is 18.8. The Labute approximate surface area is 179 Å². The average Bonchev–Trinajstić information content (AvgIpc) is 2.74. The Kier molecular flexibility index (Phi) is 6.44. The first kappa shape index (κ1) is 20.7. The number of hydrogen-bond acceptors (Lipinski definition) is 3. The van der Waals surface area contributed by atoms with Crippen LogP contribution in [0.5, 0.6) is 11.5 Å². The molecule has 2 aromatic rings. The van der Waals surface area contributed by atoms with E-state index < -0.39 is 0 Å². The van der Waals surface area contributed by atoms with Crippen molar-refractivity contribution in [3.05, 3.63) is 46.5 Å². The van der Waals surface area contributed by atoms with E-state index in [0.29, 0.717) is 23.3 Å². The van der Waals surface area contributed by atoms with Crippen LogP contribution < -0.4 is 0 Å². The van der Waals surface area contributed by atoms with Crippen LogP contribution in [-0.2, 0) is 0 Å². The zero-order valence-electron chi connectivity index (χ0n) is 17.8. The summed E-state index contributed by atoms with van der Waals surface area (Å²) in [5.74, 6) is 1.94. The Balaban J connectivity index is 1.73. The lowest BCUT2D eigenvalue weighted by molar-refractivity contribution is 0.432. The molecular weight excluding hydrogens is 376 g/mol. The molecule has 2 aromatic carbocycles. The number of benzene rings is 2. The number of rotatable bonds is 4. The second-order valence-corrected chi connectivity index (χ2v) is 10.2. The summed E-state index contributed by atoms with van der Waals surface area (Å²) in [5.41, 5.74) is 4.53. The third kappa shape index (κ3) is 4.60. The van der Waals surface area contributed by atoms with E-state index >= 15 is 0 Å². The minimum Gasteiger partial charge on any atom is -0.508 e. The van der Waals surface area contributed by atoms with Gasteiger partial charge < -0.3 is 10.2 Å². The van der Waals surface area contributed by atoms with Crippen LogP contribution in [0.3, 0.4) is 0 Å². The molecule has 0 bridgehead atoms. The second kappa shape index (κ2) is 9.04. The first-order chi connectivity index (χ1) is 14.0. The number of hydrogen-bond donors (Lipinski definition) is 2. The van der Waals surface area contributed by atoms with Gasteiger partial charge in [0.15, 0.2) is 0 Å². The maximum Gasteiger partial charge on any atom is 0.118 e. The van der Waals surface area contributed by atoms with Gasteiger partial charge in [-0.05, 0) is 97.9 Å². The molecule has 0 saturated heterocycles. The predicted octanol–water partition coefficient (Wildman–Crippen LogP) is 7.96. The summed E-state index contributed by atoms with van der Waals surface area (Å²) in [5, 5.41) is 20.8. The van der Waals surface area contributed by atoms with E-state index in [4.69, 9.17) is 0 Å². The molecule has 0 spiro atoms. The average molecular weight is 411 g/mol. The van der Waals surface area contributed by atoms with Crippen LogP contribution in [0.4, 0.5) is 0 Å². The largest absolute Gasteiger partial charge is 0.508 e. The van der Waals surface area contributed by atoms with E-state index in [1.807, 2.05) is 37.7 Å². The highest BCUT2D eigenvalue weighted by Crippen LogP contribution is 2.46. The third-order valence-corrected chi connectivity index (χ3v) is 8.11. The fraction of sp³-hybridized carbons (Fsp3) is 0.538. The van der Waals surface area contributed by atoms with Crippen molar-refractivity contribution in [3.8, 4) is 11.5 Å². The zero-order valence-corrected chi connectivity index (χ0v) is 18.7. The molecule has 0 aliphatic heterocycles. The maximum absolute atomic E-state index is 10.4. The summed E-state index contributed by atoms with van der Waals surface area (Å²) in [6, 6.07) is 8.41. The standard InChI is InChI=1S/C26H34O2S/c1-17-13-25(21(15-23(17)27)19-9-5-3-6-10-19)29-26-14-18(2)24(28)16-22(26)20-11-7-4-8-12-20/h13-16,19-20,27-28H,3-12H2,1-2H3.